The minimum absolute atomic E-state index is 0.0909. The number of anilines is 1. The zero-order valence-corrected chi connectivity index (χ0v) is 12.6. The number of fused-ring (bicyclic) bond motifs is 1. The fraction of sp³-hybridized carbons (Fsp3) is 0.500. The Morgan fingerprint density at radius 1 is 1.38 bits per heavy atom. The second-order valence-electron chi connectivity index (χ2n) is 5.21. The number of hydrogen-bond donors (Lipinski definition) is 1. The minimum atomic E-state index is -0.0909. The molecule has 0 amide bonds. The molecule has 1 aliphatic heterocycles. The van der Waals surface area contributed by atoms with Crippen molar-refractivity contribution in [3.63, 3.8) is 0 Å². The van der Waals surface area contributed by atoms with Gasteiger partial charge in [0.2, 0.25) is 5.82 Å². The monoisotopic (exact) mass is 287 g/mol. The van der Waals surface area contributed by atoms with E-state index in [1.54, 1.807) is 0 Å². The maximum absolute atomic E-state index is 5.62. The molecule has 112 valence electrons. The first kappa shape index (κ1) is 14.1. The molecular weight excluding hydrogens is 266 g/mol. The van der Waals surface area contributed by atoms with Crippen molar-refractivity contribution in [1.82, 2.24) is 10.1 Å². The SMILES string of the molecule is CCOC(CC)c1noc(-c2ccc3c(c2)CCCN3)n1. The first-order chi connectivity index (χ1) is 10.3. The number of hydrogen-bond acceptors (Lipinski definition) is 5. The summed E-state index contributed by atoms with van der Waals surface area (Å²) in [6.07, 6.45) is 2.99. The summed E-state index contributed by atoms with van der Waals surface area (Å²) < 4.78 is 11.0. The zero-order chi connectivity index (χ0) is 14.7. The molecule has 0 aliphatic carbocycles. The second-order valence-corrected chi connectivity index (χ2v) is 5.21. The highest BCUT2D eigenvalue weighted by Crippen LogP contribution is 2.28. The Morgan fingerprint density at radius 3 is 3.10 bits per heavy atom. The number of aryl methyl sites for hydroxylation is 1. The fourth-order valence-electron chi connectivity index (χ4n) is 2.67. The van der Waals surface area contributed by atoms with Crippen LogP contribution in [0.4, 0.5) is 5.69 Å². The van der Waals surface area contributed by atoms with E-state index >= 15 is 0 Å². The average molecular weight is 287 g/mol. The highest BCUT2D eigenvalue weighted by atomic mass is 16.5. The van der Waals surface area contributed by atoms with Gasteiger partial charge in [-0.05, 0) is 49.9 Å². The number of rotatable bonds is 5. The lowest BCUT2D eigenvalue weighted by Crippen LogP contribution is -2.11. The molecule has 5 nitrogen and oxygen atoms in total. The Hall–Kier alpha value is -1.88. The molecule has 1 aromatic carbocycles. The van der Waals surface area contributed by atoms with Gasteiger partial charge < -0.3 is 14.6 Å². The van der Waals surface area contributed by atoms with Gasteiger partial charge in [0.15, 0.2) is 0 Å². The van der Waals surface area contributed by atoms with Gasteiger partial charge in [-0.3, -0.25) is 0 Å². The predicted octanol–water partition coefficient (Wildman–Crippen LogP) is 3.58. The van der Waals surface area contributed by atoms with Crippen molar-refractivity contribution in [3.8, 4) is 11.5 Å². The van der Waals surface area contributed by atoms with Crippen LogP contribution < -0.4 is 5.32 Å². The van der Waals surface area contributed by atoms with E-state index in [2.05, 4.69) is 34.5 Å². The van der Waals surface area contributed by atoms with Gasteiger partial charge in [-0.2, -0.15) is 4.98 Å². The van der Waals surface area contributed by atoms with E-state index in [9.17, 15) is 0 Å². The Bertz CT molecular complexity index is 609. The van der Waals surface area contributed by atoms with E-state index in [0.29, 0.717) is 18.3 Å². The fourth-order valence-corrected chi connectivity index (χ4v) is 2.67. The van der Waals surface area contributed by atoms with Crippen molar-refractivity contribution in [3.05, 3.63) is 29.6 Å². The molecule has 3 rings (SSSR count). The second kappa shape index (κ2) is 6.26. The van der Waals surface area contributed by atoms with E-state index in [0.717, 1.165) is 31.4 Å². The van der Waals surface area contributed by atoms with Crippen LogP contribution in [-0.2, 0) is 11.2 Å². The van der Waals surface area contributed by atoms with Crippen LogP contribution in [0, 0.1) is 0 Å². The highest BCUT2D eigenvalue weighted by Gasteiger charge is 2.18. The molecule has 1 aliphatic rings. The lowest BCUT2D eigenvalue weighted by atomic mass is 10.0. The molecule has 0 radical (unpaired) electrons. The Balaban J connectivity index is 1.85. The van der Waals surface area contributed by atoms with E-state index in [4.69, 9.17) is 9.26 Å². The molecule has 1 aromatic heterocycles. The van der Waals surface area contributed by atoms with E-state index in [1.807, 2.05) is 13.0 Å². The van der Waals surface area contributed by atoms with Crippen LogP contribution in [0.15, 0.2) is 22.7 Å². The summed E-state index contributed by atoms with van der Waals surface area (Å²) in [4.78, 5) is 4.50. The molecule has 0 spiro atoms. The van der Waals surface area contributed by atoms with Crippen LogP contribution in [0.5, 0.6) is 0 Å². The lowest BCUT2D eigenvalue weighted by molar-refractivity contribution is 0.0518. The molecule has 1 unspecified atom stereocenters. The topological polar surface area (TPSA) is 60.2 Å². The summed E-state index contributed by atoms with van der Waals surface area (Å²) >= 11 is 0. The van der Waals surface area contributed by atoms with Gasteiger partial charge in [0.25, 0.3) is 5.89 Å². The van der Waals surface area contributed by atoms with Gasteiger partial charge in [-0.15, -0.1) is 0 Å². The summed E-state index contributed by atoms with van der Waals surface area (Å²) in [7, 11) is 0. The van der Waals surface area contributed by atoms with Crippen molar-refractivity contribution in [1.29, 1.82) is 0 Å². The summed E-state index contributed by atoms with van der Waals surface area (Å²) in [6, 6.07) is 6.25. The number of ether oxygens (including phenoxy) is 1. The van der Waals surface area contributed by atoms with Crippen LogP contribution in [0.1, 0.15) is 44.2 Å². The van der Waals surface area contributed by atoms with Crippen molar-refractivity contribution in [2.24, 2.45) is 0 Å². The van der Waals surface area contributed by atoms with Gasteiger partial charge in [-0.1, -0.05) is 12.1 Å². The molecule has 1 N–H and O–H groups in total. The first-order valence-corrected chi connectivity index (χ1v) is 7.64. The maximum atomic E-state index is 5.62. The minimum Gasteiger partial charge on any atom is -0.385 e. The first-order valence-electron chi connectivity index (χ1n) is 7.64. The third-order valence-corrected chi connectivity index (χ3v) is 3.76. The van der Waals surface area contributed by atoms with E-state index in [1.165, 1.54) is 11.3 Å². The third-order valence-electron chi connectivity index (χ3n) is 3.76. The maximum Gasteiger partial charge on any atom is 0.258 e. The van der Waals surface area contributed by atoms with Gasteiger partial charge in [-0.25, -0.2) is 0 Å². The van der Waals surface area contributed by atoms with Gasteiger partial charge in [0, 0.05) is 24.4 Å². The lowest BCUT2D eigenvalue weighted by Gasteiger charge is -2.17. The van der Waals surface area contributed by atoms with Crippen molar-refractivity contribution in [2.45, 2.75) is 39.2 Å². The number of nitrogens with zero attached hydrogens (tertiary/aromatic N) is 2. The molecule has 5 heteroatoms. The Morgan fingerprint density at radius 2 is 2.29 bits per heavy atom. The molecule has 1 atom stereocenters. The molecule has 0 saturated heterocycles. The largest absolute Gasteiger partial charge is 0.385 e. The molecule has 0 fully saturated rings. The zero-order valence-electron chi connectivity index (χ0n) is 12.6. The van der Waals surface area contributed by atoms with Crippen molar-refractivity contribution >= 4 is 5.69 Å². The molecular formula is C16H21N3O2. The van der Waals surface area contributed by atoms with Gasteiger partial charge in [0.05, 0.1) is 0 Å². The molecule has 0 bridgehead atoms. The Labute approximate surface area is 124 Å². The van der Waals surface area contributed by atoms with Crippen LogP contribution in [0.3, 0.4) is 0 Å². The van der Waals surface area contributed by atoms with E-state index in [-0.39, 0.29) is 6.10 Å². The number of benzene rings is 1. The average Bonchev–Trinajstić information content (AvgIpc) is 3.02. The predicted molar refractivity (Wildman–Crippen MR) is 81.2 cm³/mol. The van der Waals surface area contributed by atoms with Crippen LogP contribution in [0.2, 0.25) is 0 Å². The van der Waals surface area contributed by atoms with Gasteiger partial charge in [0.1, 0.15) is 6.10 Å². The molecule has 0 saturated carbocycles. The highest BCUT2D eigenvalue weighted by molar-refractivity contribution is 5.63. The standard InChI is InChI=1S/C16H21N3O2/c1-3-14(20-4-2)15-18-16(21-19-15)12-7-8-13-11(10-12)6-5-9-17-13/h7-8,10,14,17H,3-6,9H2,1-2H3. The summed E-state index contributed by atoms with van der Waals surface area (Å²) in [5.41, 5.74) is 3.50. The van der Waals surface area contributed by atoms with Crippen LogP contribution in [-0.4, -0.2) is 23.3 Å². The summed E-state index contributed by atoms with van der Waals surface area (Å²) in [5, 5.41) is 7.47. The smallest absolute Gasteiger partial charge is 0.258 e. The third kappa shape index (κ3) is 2.93. The molecule has 2 aromatic rings. The Kier molecular flexibility index (Phi) is 4.20. The number of nitrogens with one attached hydrogen (secondary N) is 1. The van der Waals surface area contributed by atoms with Gasteiger partial charge >= 0.3 is 0 Å². The quantitative estimate of drug-likeness (QED) is 0.910. The number of aromatic nitrogens is 2. The summed E-state index contributed by atoms with van der Waals surface area (Å²) in [6.45, 7) is 5.72. The van der Waals surface area contributed by atoms with Crippen molar-refractivity contribution in [2.75, 3.05) is 18.5 Å². The van der Waals surface area contributed by atoms with Crippen molar-refractivity contribution < 1.29 is 9.26 Å². The molecule has 21 heavy (non-hydrogen) atoms. The normalized spacial score (nSPS) is 15.3. The van der Waals surface area contributed by atoms with Crippen LogP contribution >= 0.6 is 0 Å². The van der Waals surface area contributed by atoms with E-state index < -0.39 is 0 Å². The molecule has 2 heterocycles. The summed E-state index contributed by atoms with van der Waals surface area (Å²) in [5.74, 6) is 1.20. The van der Waals surface area contributed by atoms with Crippen LogP contribution in [0.25, 0.3) is 11.5 Å².